The number of carboxylic acid groups (broad SMARTS) is 1. The molecule has 0 radical (unpaired) electrons. The maximum atomic E-state index is 10.7. The lowest BCUT2D eigenvalue weighted by molar-refractivity contribution is -0.139. The highest BCUT2D eigenvalue weighted by atomic mass is 16.4. The topological polar surface area (TPSA) is 53.4 Å². The number of carbonyl (C=O) groups is 1. The van der Waals surface area contributed by atoms with Crippen LogP contribution < -0.4 is 0 Å². The van der Waals surface area contributed by atoms with Crippen LogP contribution in [0.25, 0.3) is 0 Å². The van der Waals surface area contributed by atoms with Crippen molar-refractivity contribution in [2.75, 3.05) is 13.6 Å². The summed E-state index contributed by atoms with van der Waals surface area (Å²) in [7, 11) is 1.98. The third-order valence-electron chi connectivity index (χ3n) is 2.49. The second-order valence-corrected chi connectivity index (χ2v) is 5.23. The highest BCUT2D eigenvalue weighted by molar-refractivity contribution is 5.67. The largest absolute Gasteiger partial charge is 0.481 e. The Morgan fingerprint density at radius 3 is 2.71 bits per heavy atom. The second kappa shape index (κ2) is 5.77. The van der Waals surface area contributed by atoms with Gasteiger partial charge in [-0.15, -0.1) is 0 Å². The highest BCUT2D eigenvalue weighted by Gasteiger charge is 2.23. The van der Waals surface area contributed by atoms with Crippen molar-refractivity contribution < 1.29 is 9.90 Å². The van der Waals surface area contributed by atoms with Crippen LogP contribution in [-0.4, -0.2) is 34.6 Å². The molecule has 4 nitrogen and oxygen atoms in total. The summed E-state index contributed by atoms with van der Waals surface area (Å²) in [5.74, 6) is -0.749. The van der Waals surface area contributed by atoms with Gasteiger partial charge in [0.15, 0.2) is 0 Å². The third kappa shape index (κ3) is 5.45. The first-order valence-electron chi connectivity index (χ1n) is 5.69. The van der Waals surface area contributed by atoms with E-state index >= 15 is 0 Å². The van der Waals surface area contributed by atoms with E-state index in [9.17, 15) is 4.79 Å². The SMILES string of the molecule is CN(Cc1ccccn1)CC(C)(C)CC(=O)O. The molecule has 1 N–H and O–H groups in total. The lowest BCUT2D eigenvalue weighted by atomic mass is 9.89. The van der Waals surface area contributed by atoms with Gasteiger partial charge in [0.25, 0.3) is 0 Å². The van der Waals surface area contributed by atoms with Gasteiger partial charge in [0.05, 0.1) is 12.1 Å². The fraction of sp³-hybridized carbons (Fsp3) is 0.538. The fourth-order valence-electron chi connectivity index (χ4n) is 2.02. The van der Waals surface area contributed by atoms with Gasteiger partial charge >= 0.3 is 5.97 Å². The molecule has 1 aromatic rings. The Labute approximate surface area is 102 Å². The smallest absolute Gasteiger partial charge is 0.303 e. The van der Waals surface area contributed by atoms with Crippen LogP contribution in [0.15, 0.2) is 24.4 Å². The van der Waals surface area contributed by atoms with E-state index in [1.54, 1.807) is 6.20 Å². The number of aromatic nitrogens is 1. The first kappa shape index (κ1) is 13.6. The molecular weight excluding hydrogens is 216 g/mol. The molecule has 0 atom stereocenters. The zero-order valence-electron chi connectivity index (χ0n) is 10.7. The van der Waals surface area contributed by atoms with Crippen LogP contribution in [-0.2, 0) is 11.3 Å². The number of pyridine rings is 1. The summed E-state index contributed by atoms with van der Waals surface area (Å²) in [5.41, 5.74) is 0.774. The molecule has 1 heterocycles. The van der Waals surface area contributed by atoms with Crippen LogP contribution in [0.2, 0.25) is 0 Å². The molecule has 0 aliphatic rings. The number of rotatable bonds is 6. The van der Waals surface area contributed by atoms with Gasteiger partial charge in [-0.1, -0.05) is 19.9 Å². The lowest BCUT2D eigenvalue weighted by Gasteiger charge is -2.28. The minimum atomic E-state index is -0.749. The standard InChI is InChI=1S/C13H20N2O2/c1-13(2,8-12(16)17)10-15(3)9-11-6-4-5-7-14-11/h4-7H,8-10H2,1-3H3,(H,16,17). The minimum absolute atomic E-state index is 0.180. The number of aliphatic carboxylic acids is 1. The molecule has 0 aliphatic carbocycles. The molecule has 0 bridgehead atoms. The average Bonchev–Trinajstić information content (AvgIpc) is 2.15. The lowest BCUT2D eigenvalue weighted by Crippen LogP contribution is -2.32. The highest BCUT2D eigenvalue weighted by Crippen LogP contribution is 2.21. The fourth-order valence-corrected chi connectivity index (χ4v) is 2.02. The molecule has 1 aromatic heterocycles. The zero-order chi connectivity index (χ0) is 12.9. The third-order valence-corrected chi connectivity index (χ3v) is 2.49. The molecule has 0 saturated carbocycles. The molecule has 0 unspecified atom stereocenters. The molecule has 0 aliphatic heterocycles. The van der Waals surface area contributed by atoms with Crippen molar-refractivity contribution >= 4 is 5.97 Å². The second-order valence-electron chi connectivity index (χ2n) is 5.23. The van der Waals surface area contributed by atoms with Crippen LogP contribution in [0.1, 0.15) is 26.0 Å². The van der Waals surface area contributed by atoms with Gasteiger partial charge in [-0.3, -0.25) is 14.7 Å². The Morgan fingerprint density at radius 2 is 2.18 bits per heavy atom. The van der Waals surface area contributed by atoms with E-state index < -0.39 is 5.97 Å². The summed E-state index contributed by atoms with van der Waals surface area (Å²) >= 11 is 0. The van der Waals surface area contributed by atoms with E-state index in [1.807, 2.05) is 39.1 Å². The van der Waals surface area contributed by atoms with Crippen LogP contribution in [0.4, 0.5) is 0 Å². The molecule has 1 rings (SSSR count). The van der Waals surface area contributed by atoms with Crippen molar-refractivity contribution in [3.63, 3.8) is 0 Å². The minimum Gasteiger partial charge on any atom is -0.481 e. The van der Waals surface area contributed by atoms with E-state index in [2.05, 4.69) is 9.88 Å². The van der Waals surface area contributed by atoms with Crippen molar-refractivity contribution in [1.29, 1.82) is 0 Å². The van der Waals surface area contributed by atoms with Crippen molar-refractivity contribution in [3.05, 3.63) is 30.1 Å². The van der Waals surface area contributed by atoms with E-state index in [0.29, 0.717) is 0 Å². The van der Waals surface area contributed by atoms with Crippen LogP contribution in [0.3, 0.4) is 0 Å². The molecule has 94 valence electrons. The normalized spacial score (nSPS) is 11.8. The molecule has 17 heavy (non-hydrogen) atoms. The van der Waals surface area contributed by atoms with Gasteiger partial charge in [0.1, 0.15) is 0 Å². The van der Waals surface area contributed by atoms with Crippen molar-refractivity contribution in [3.8, 4) is 0 Å². The quantitative estimate of drug-likeness (QED) is 0.821. The van der Waals surface area contributed by atoms with Gasteiger partial charge in [-0.05, 0) is 24.6 Å². The molecule has 4 heteroatoms. The van der Waals surface area contributed by atoms with Crippen molar-refractivity contribution in [2.24, 2.45) is 5.41 Å². The Kier molecular flexibility index (Phi) is 4.63. The number of nitrogens with zero attached hydrogens (tertiary/aromatic N) is 2. The van der Waals surface area contributed by atoms with Crippen LogP contribution in [0.5, 0.6) is 0 Å². The molecular formula is C13H20N2O2. The number of hydrogen-bond donors (Lipinski definition) is 1. The van der Waals surface area contributed by atoms with Crippen LogP contribution >= 0.6 is 0 Å². The molecule has 0 amide bonds. The maximum Gasteiger partial charge on any atom is 0.303 e. The summed E-state index contributed by atoms with van der Waals surface area (Å²) in [6.07, 6.45) is 1.95. The van der Waals surface area contributed by atoms with E-state index in [-0.39, 0.29) is 11.8 Å². The van der Waals surface area contributed by atoms with Crippen LogP contribution in [0, 0.1) is 5.41 Å². The predicted molar refractivity (Wildman–Crippen MR) is 66.6 cm³/mol. The molecule has 0 spiro atoms. The van der Waals surface area contributed by atoms with Crippen molar-refractivity contribution in [1.82, 2.24) is 9.88 Å². The number of carboxylic acids is 1. The van der Waals surface area contributed by atoms with Gasteiger partial charge in [0, 0.05) is 19.3 Å². The first-order chi connectivity index (χ1) is 7.89. The van der Waals surface area contributed by atoms with Gasteiger partial charge in [-0.25, -0.2) is 0 Å². The van der Waals surface area contributed by atoms with Crippen molar-refractivity contribution in [2.45, 2.75) is 26.8 Å². The predicted octanol–water partition coefficient (Wildman–Crippen LogP) is 2.01. The summed E-state index contributed by atoms with van der Waals surface area (Å²) in [6, 6.07) is 5.82. The average molecular weight is 236 g/mol. The molecule has 0 saturated heterocycles. The number of hydrogen-bond acceptors (Lipinski definition) is 3. The molecule has 0 fully saturated rings. The monoisotopic (exact) mass is 236 g/mol. The summed E-state index contributed by atoms with van der Waals surface area (Å²) in [4.78, 5) is 17.1. The zero-order valence-corrected chi connectivity index (χ0v) is 10.7. The Morgan fingerprint density at radius 1 is 1.47 bits per heavy atom. The van der Waals surface area contributed by atoms with E-state index in [1.165, 1.54) is 0 Å². The van der Waals surface area contributed by atoms with E-state index in [4.69, 9.17) is 5.11 Å². The summed E-state index contributed by atoms with van der Waals surface area (Å²) in [6.45, 7) is 5.41. The Bertz CT molecular complexity index is 363. The summed E-state index contributed by atoms with van der Waals surface area (Å²) < 4.78 is 0. The Balaban J connectivity index is 2.49. The molecule has 0 aromatic carbocycles. The summed E-state index contributed by atoms with van der Waals surface area (Å²) in [5, 5.41) is 8.82. The maximum absolute atomic E-state index is 10.7. The van der Waals surface area contributed by atoms with Gasteiger partial charge in [0.2, 0.25) is 0 Å². The van der Waals surface area contributed by atoms with Gasteiger partial charge in [-0.2, -0.15) is 0 Å². The first-order valence-corrected chi connectivity index (χ1v) is 5.69. The Hall–Kier alpha value is -1.42. The van der Waals surface area contributed by atoms with E-state index in [0.717, 1.165) is 18.8 Å². The van der Waals surface area contributed by atoms with Gasteiger partial charge < -0.3 is 5.11 Å².